The minimum absolute atomic E-state index is 0.0947. The fraction of sp³-hybridized carbons (Fsp3) is 0.136. The molecule has 0 aliphatic rings. The number of rotatable bonds is 7. The lowest BCUT2D eigenvalue weighted by Gasteiger charge is -2.22. The summed E-state index contributed by atoms with van der Waals surface area (Å²) in [5.74, 6) is 0.812. The molecule has 9 heteroatoms. The second-order valence-corrected chi connectivity index (χ2v) is 7.20. The van der Waals surface area contributed by atoms with E-state index in [4.69, 9.17) is 33.2 Å². The summed E-state index contributed by atoms with van der Waals surface area (Å²) < 4.78 is 6.84. The number of benzene rings is 2. The van der Waals surface area contributed by atoms with E-state index in [0.29, 0.717) is 28.8 Å². The molecule has 0 aliphatic heterocycles. The van der Waals surface area contributed by atoms with E-state index in [1.807, 2.05) is 18.2 Å². The number of nitrogens with zero attached hydrogens (tertiary/aromatic N) is 3. The summed E-state index contributed by atoms with van der Waals surface area (Å²) in [6.07, 6.45) is 1.55. The number of ether oxygens (including phenoxy) is 1. The Bertz CT molecular complexity index is 1120. The topological polar surface area (TPSA) is 123 Å². The van der Waals surface area contributed by atoms with Crippen LogP contribution in [-0.4, -0.2) is 33.4 Å². The largest absolute Gasteiger partial charge is 0.497 e. The molecule has 0 saturated carbocycles. The highest BCUT2D eigenvalue weighted by Gasteiger charge is 2.23. The fourth-order valence-corrected chi connectivity index (χ4v) is 3.21. The first-order chi connectivity index (χ1) is 14.8. The van der Waals surface area contributed by atoms with Crippen LogP contribution in [0.4, 0.5) is 10.6 Å². The Balaban J connectivity index is 1.80. The number of aromatic nitrogens is 2. The number of anilines is 1. The van der Waals surface area contributed by atoms with Crippen LogP contribution in [0.25, 0.3) is 5.57 Å². The van der Waals surface area contributed by atoms with E-state index in [1.54, 1.807) is 48.3 Å². The molecule has 0 bridgehead atoms. The number of halogens is 1. The highest BCUT2D eigenvalue weighted by Crippen LogP contribution is 2.24. The first kappa shape index (κ1) is 21.9. The first-order valence-electron chi connectivity index (χ1n) is 9.34. The minimum Gasteiger partial charge on any atom is -0.497 e. The molecular formula is C22H23ClN6O2. The number of hydrogen-bond acceptors (Lipinski definition) is 5. The molecule has 0 spiro atoms. The Labute approximate surface area is 185 Å². The summed E-state index contributed by atoms with van der Waals surface area (Å²) in [4.78, 5) is 17.4. The average Bonchev–Trinajstić information content (AvgIpc) is 3.13. The van der Waals surface area contributed by atoms with E-state index in [2.05, 4.69) is 11.6 Å². The van der Waals surface area contributed by atoms with Gasteiger partial charge in [0, 0.05) is 10.6 Å². The lowest BCUT2D eigenvalue weighted by molar-refractivity contribution is 0.229. The third kappa shape index (κ3) is 4.87. The zero-order chi connectivity index (χ0) is 22.5. The van der Waals surface area contributed by atoms with Crippen molar-refractivity contribution in [1.29, 1.82) is 5.41 Å². The lowest BCUT2D eigenvalue weighted by atomic mass is 10.1. The van der Waals surface area contributed by atoms with E-state index in [-0.39, 0.29) is 18.0 Å². The van der Waals surface area contributed by atoms with Crippen molar-refractivity contribution in [1.82, 2.24) is 14.5 Å². The molecule has 0 atom stereocenters. The van der Waals surface area contributed by atoms with Gasteiger partial charge in [-0.3, -0.25) is 10.3 Å². The van der Waals surface area contributed by atoms with Crippen LogP contribution in [0.1, 0.15) is 16.8 Å². The van der Waals surface area contributed by atoms with Crippen LogP contribution in [0.15, 0.2) is 61.4 Å². The average molecular weight is 439 g/mol. The van der Waals surface area contributed by atoms with Crippen LogP contribution in [0.3, 0.4) is 0 Å². The van der Waals surface area contributed by atoms with Gasteiger partial charge in [0.2, 0.25) is 0 Å². The molecule has 160 valence electrons. The SMILES string of the molecule is C=C(C(=N)N(Cc1ccc(OC)cc1)C(N)=O)c1ncn(Cc2ccccc2Cl)c1N. The van der Waals surface area contributed by atoms with Gasteiger partial charge < -0.3 is 20.8 Å². The van der Waals surface area contributed by atoms with Gasteiger partial charge in [0.05, 0.1) is 26.5 Å². The molecule has 0 unspecified atom stereocenters. The van der Waals surface area contributed by atoms with Gasteiger partial charge in [-0.15, -0.1) is 0 Å². The predicted octanol–water partition coefficient (Wildman–Crippen LogP) is 3.75. The first-order valence-corrected chi connectivity index (χ1v) is 9.71. The number of amidine groups is 1. The summed E-state index contributed by atoms with van der Waals surface area (Å²) in [6.45, 7) is 4.42. The molecule has 0 saturated heterocycles. The Morgan fingerprint density at radius 3 is 2.55 bits per heavy atom. The number of imidazole rings is 1. The molecule has 8 nitrogen and oxygen atoms in total. The Morgan fingerprint density at radius 2 is 1.94 bits per heavy atom. The Morgan fingerprint density at radius 1 is 1.26 bits per heavy atom. The number of hydrogen-bond donors (Lipinski definition) is 3. The molecule has 2 aromatic carbocycles. The zero-order valence-electron chi connectivity index (χ0n) is 17.0. The maximum Gasteiger partial charge on any atom is 0.320 e. The summed E-state index contributed by atoms with van der Waals surface area (Å²) in [5.41, 5.74) is 13.9. The quantitative estimate of drug-likeness (QED) is 0.384. The highest BCUT2D eigenvalue weighted by atomic mass is 35.5. The highest BCUT2D eigenvalue weighted by molar-refractivity contribution is 6.31. The van der Waals surface area contributed by atoms with Crippen molar-refractivity contribution in [2.45, 2.75) is 13.1 Å². The van der Waals surface area contributed by atoms with Crippen LogP contribution in [-0.2, 0) is 13.1 Å². The molecule has 1 heterocycles. The molecule has 2 amide bonds. The van der Waals surface area contributed by atoms with Crippen molar-refractivity contribution < 1.29 is 9.53 Å². The normalized spacial score (nSPS) is 10.5. The third-order valence-corrected chi connectivity index (χ3v) is 5.15. The molecule has 0 aliphatic carbocycles. The van der Waals surface area contributed by atoms with Crippen molar-refractivity contribution in [3.63, 3.8) is 0 Å². The number of primary amides is 1. The van der Waals surface area contributed by atoms with Gasteiger partial charge in [-0.1, -0.05) is 48.5 Å². The molecular weight excluding hydrogens is 416 g/mol. The number of nitrogens with two attached hydrogens (primary N) is 2. The number of carbonyl (C=O) groups is 1. The van der Waals surface area contributed by atoms with Crippen molar-refractivity contribution in [2.75, 3.05) is 12.8 Å². The van der Waals surface area contributed by atoms with Gasteiger partial charge in [-0.25, -0.2) is 9.78 Å². The van der Waals surface area contributed by atoms with E-state index in [9.17, 15) is 4.79 Å². The van der Waals surface area contributed by atoms with Gasteiger partial charge in [0.15, 0.2) is 0 Å². The van der Waals surface area contributed by atoms with E-state index < -0.39 is 6.03 Å². The second-order valence-electron chi connectivity index (χ2n) is 6.80. The lowest BCUT2D eigenvalue weighted by Crippen LogP contribution is -2.40. The number of urea groups is 1. The molecule has 3 aromatic rings. The van der Waals surface area contributed by atoms with Gasteiger partial charge in [0.1, 0.15) is 23.1 Å². The van der Waals surface area contributed by atoms with Crippen LogP contribution >= 0.6 is 11.6 Å². The maximum absolute atomic E-state index is 12.0. The van der Waals surface area contributed by atoms with Crippen LogP contribution in [0.5, 0.6) is 5.75 Å². The Hall–Kier alpha value is -3.78. The van der Waals surface area contributed by atoms with E-state index in [1.165, 1.54) is 0 Å². The van der Waals surface area contributed by atoms with E-state index in [0.717, 1.165) is 16.0 Å². The van der Waals surface area contributed by atoms with Gasteiger partial charge in [0.25, 0.3) is 0 Å². The number of nitrogens with one attached hydrogen (secondary N) is 1. The third-order valence-electron chi connectivity index (χ3n) is 4.78. The standard InChI is InChI=1S/C22H23ClN6O2/c1-14(19-21(25)28(13-27-19)12-16-5-3-4-6-18(16)23)20(24)29(22(26)30)11-15-7-9-17(31-2)10-8-15/h3-10,13,24H,1,11-12,25H2,2H3,(H2,26,30). The zero-order valence-corrected chi connectivity index (χ0v) is 17.8. The maximum atomic E-state index is 12.0. The summed E-state index contributed by atoms with van der Waals surface area (Å²) in [6, 6.07) is 13.7. The van der Waals surface area contributed by atoms with Crippen molar-refractivity contribution in [2.24, 2.45) is 5.73 Å². The van der Waals surface area contributed by atoms with Crippen molar-refractivity contribution in [3.05, 3.63) is 83.3 Å². The second kappa shape index (κ2) is 9.36. The molecule has 1 aromatic heterocycles. The monoisotopic (exact) mass is 438 g/mol. The van der Waals surface area contributed by atoms with Crippen molar-refractivity contribution >= 4 is 34.9 Å². The Kier molecular flexibility index (Phi) is 6.61. The molecule has 31 heavy (non-hydrogen) atoms. The van der Waals surface area contributed by atoms with E-state index >= 15 is 0 Å². The smallest absolute Gasteiger partial charge is 0.320 e. The molecule has 0 radical (unpaired) electrons. The van der Waals surface area contributed by atoms with Gasteiger partial charge >= 0.3 is 6.03 Å². The summed E-state index contributed by atoms with van der Waals surface area (Å²) in [5, 5.41) is 9.10. The fourth-order valence-electron chi connectivity index (χ4n) is 3.02. The van der Waals surface area contributed by atoms with Crippen LogP contribution in [0, 0.1) is 5.41 Å². The molecule has 5 N–H and O–H groups in total. The number of carbonyl (C=O) groups excluding carboxylic acids is 1. The summed E-state index contributed by atoms with van der Waals surface area (Å²) >= 11 is 6.23. The minimum atomic E-state index is -0.781. The molecule has 0 fully saturated rings. The van der Waals surface area contributed by atoms with Crippen LogP contribution in [0.2, 0.25) is 5.02 Å². The summed E-state index contributed by atoms with van der Waals surface area (Å²) in [7, 11) is 1.57. The predicted molar refractivity (Wildman–Crippen MR) is 122 cm³/mol. The number of methoxy groups -OCH3 is 1. The van der Waals surface area contributed by atoms with Gasteiger partial charge in [-0.2, -0.15) is 0 Å². The van der Waals surface area contributed by atoms with Crippen molar-refractivity contribution in [3.8, 4) is 5.75 Å². The number of nitrogen functional groups attached to an aromatic ring is 1. The number of amides is 2. The molecule has 3 rings (SSSR count). The van der Waals surface area contributed by atoms with Crippen LogP contribution < -0.4 is 16.2 Å². The van der Waals surface area contributed by atoms with Gasteiger partial charge in [-0.05, 0) is 29.3 Å².